The van der Waals surface area contributed by atoms with Crippen LogP contribution in [-0.2, 0) is 43.5 Å². The van der Waals surface area contributed by atoms with Gasteiger partial charge in [0.15, 0.2) is 0 Å². The molecule has 4 N–H and O–H groups in total. The molecule has 0 spiro atoms. The van der Waals surface area contributed by atoms with Gasteiger partial charge in [0, 0.05) is 0 Å². The molecule has 3 atom stereocenters. The molecule has 3 rings (SSSR count). The minimum atomic E-state index is -1.06. The third-order valence-corrected chi connectivity index (χ3v) is 5.91. The monoisotopic (exact) mass is 533 g/mol. The molecule has 0 heterocycles. The van der Waals surface area contributed by atoms with E-state index in [2.05, 4.69) is 15.4 Å². The lowest BCUT2D eigenvalue weighted by Crippen LogP contribution is -2.56. The number of benzene rings is 3. The lowest BCUT2D eigenvalue weighted by Gasteiger charge is -2.22. The van der Waals surface area contributed by atoms with Crippen LogP contribution in [0.25, 0.3) is 0 Å². The van der Waals surface area contributed by atoms with E-state index in [1.165, 1.54) is 14.0 Å². The first-order valence-electron chi connectivity index (χ1n) is 12.7. The maximum atomic E-state index is 12.9. The van der Waals surface area contributed by atoms with Crippen molar-refractivity contribution in [2.24, 2.45) is 5.73 Å². The number of hydrogen-bond donors (Lipinski definition) is 3. The number of rotatable bonds is 14. The Bertz CT molecular complexity index is 1190. The lowest BCUT2D eigenvalue weighted by molar-refractivity contribution is -0.145. The molecule has 0 fully saturated rings. The van der Waals surface area contributed by atoms with Gasteiger partial charge in [0.2, 0.25) is 11.8 Å². The molecule has 3 aromatic rings. The number of methoxy groups -OCH3 is 1. The summed E-state index contributed by atoms with van der Waals surface area (Å²) in [7, 11) is 1.23. The SMILES string of the molecule is COC(=O)[C@@H](C)NC(=O)[C@H](COCc1ccccc1)NC(=O)[C@@H](N)Cc1ccc(OCc2ccccc2)cc1. The number of ether oxygens (including phenoxy) is 3. The molecule has 9 heteroatoms. The summed E-state index contributed by atoms with van der Waals surface area (Å²) in [4.78, 5) is 37.5. The molecule has 3 aromatic carbocycles. The van der Waals surface area contributed by atoms with Crippen molar-refractivity contribution in [3.63, 3.8) is 0 Å². The van der Waals surface area contributed by atoms with Gasteiger partial charge in [-0.3, -0.25) is 9.59 Å². The van der Waals surface area contributed by atoms with Gasteiger partial charge in [0.05, 0.1) is 26.4 Å². The van der Waals surface area contributed by atoms with Crippen molar-refractivity contribution in [2.45, 2.75) is 44.7 Å². The van der Waals surface area contributed by atoms with E-state index in [4.69, 9.17) is 15.2 Å². The van der Waals surface area contributed by atoms with E-state index in [-0.39, 0.29) is 19.6 Å². The van der Waals surface area contributed by atoms with Crippen LogP contribution in [0.1, 0.15) is 23.6 Å². The minimum Gasteiger partial charge on any atom is -0.489 e. The van der Waals surface area contributed by atoms with Gasteiger partial charge in [-0.05, 0) is 42.2 Å². The van der Waals surface area contributed by atoms with Crippen LogP contribution in [-0.4, -0.2) is 49.6 Å². The van der Waals surface area contributed by atoms with Crippen molar-refractivity contribution < 1.29 is 28.6 Å². The van der Waals surface area contributed by atoms with E-state index in [9.17, 15) is 14.4 Å². The van der Waals surface area contributed by atoms with Gasteiger partial charge < -0.3 is 30.6 Å². The second kappa shape index (κ2) is 15.3. The molecule has 2 amide bonds. The van der Waals surface area contributed by atoms with Crippen LogP contribution < -0.4 is 21.1 Å². The fraction of sp³-hybridized carbons (Fsp3) is 0.300. The van der Waals surface area contributed by atoms with E-state index in [0.29, 0.717) is 12.4 Å². The van der Waals surface area contributed by atoms with Gasteiger partial charge >= 0.3 is 5.97 Å². The van der Waals surface area contributed by atoms with Crippen LogP contribution in [0.5, 0.6) is 5.75 Å². The highest BCUT2D eigenvalue weighted by Crippen LogP contribution is 2.15. The highest BCUT2D eigenvalue weighted by molar-refractivity contribution is 5.92. The predicted molar refractivity (Wildman–Crippen MR) is 147 cm³/mol. The maximum Gasteiger partial charge on any atom is 0.328 e. The van der Waals surface area contributed by atoms with E-state index >= 15 is 0 Å². The number of nitrogens with two attached hydrogens (primary N) is 1. The van der Waals surface area contributed by atoms with Crippen molar-refractivity contribution in [1.82, 2.24) is 10.6 Å². The van der Waals surface area contributed by atoms with Gasteiger partial charge in [0.1, 0.15) is 24.4 Å². The zero-order valence-electron chi connectivity index (χ0n) is 22.2. The number of carbonyl (C=O) groups is 3. The average Bonchev–Trinajstić information content (AvgIpc) is 2.96. The first-order valence-corrected chi connectivity index (χ1v) is 12.7. The zero-order valence-corrected chi connectivity index (χ0v) is 22.2. The summed E-state index contributed by atoms with van der Waals surface area (Å²) in [5.41, 5.74) is 8.99. The molecule has 0 aliphatic carbocycles. The predicted octanol–water partition coefficient (Wildman–Crippen LogP) is 2.51. The van der Waals surface area contributed by atoms with Crippen LogP contribution in [0, 0.1) is 0 Å². The Morgan fingerprint density at radius 3 is 1.95 bits per heavy atom. The standard InChI is InChI=1S/C30H35N3O6/c1-21(30(36)37-2)32-29(35)27(20-38-18-23-9-5-3-6-10-23)33-28(34)26(31)17-22-13-15-25(16-14-22)39-19-24-11-7-4-8-12-24/h3-16,21,26-27H,17-20,31H2,1-2H3,(H,32,35)(H,33,34)/t21-,26+,27+/m1/s1. The normalized spacial score (nSPS) is 13.0. The molecule has 9 nitrogen and oxygen atoms in total. The summed E-state index contributed by atoms with van der Waals surface area (Å²) < 4.78 is 16.2. The summed E-state index contributed by atoms with van der Waals surface area (Å²) in [6.07, 6.45) is 0.253. The molecule has 0 saturated heterocycles. The lowest BCUT2D eigenvalue weighted by atomic mass is 10.1. The Morgan fingerprint density at radius 2 is 1.36 bits per heavy atom. The van der Waals surface area contributed by atoms with Gasteiger partial charge in [-0.2, -0.15) is 0 Å². The number of nitrogens with one attached hydrogen (secondary N) is 2. The molecule has 206 valence electrons. The molecular formula is C30H35N3O6. The van der Waals surface area contributed by atoms with Crippen molar-refractivity contribution in [2.75, 3.05) is 13.7 Å². The molecular weight excluding hydrogens is 498 g/mol. The topological polar surface area (TPSA) is 129 Å². The first kappa shape index (κ1) is 29.3. The van der Waals surface area contributed by atoms with Crippen molar-refractivity contribution in [3.8, 4) is 5.75 Å². The summed E-state index contributed by atoms with van der Waals surface area (Å²) in [5, 5.41) is 5.20. The Balaban J connectivity index is 1.55. The van der Waals surface area contributed by atoms with Crippen LogP contribution in [0.3, 0.4) is 0 Å². The third-order valence-electron chi connectivity index (χ3n) is 5.91. The Kier molecular flexibility index (Phi) is 11.5. The van der Waals surface area contributed by atoms with E-state index in [1.54, 1.807) is 0 Å². The molecule has 0 aliphatic heterocycles. The number of hydrogen-bond acceptors (Lipinski definition) is 7. The maximum absolute atomic E-state index is 12.9. The highest BCUT2D eigenvalue weighted by Gasteiger charge is 2.27. The Hall–Kier alpha value is -4.21. The summed E-state index contributed by atoms with van der Waals surface area (Å²) in [5.74, 6) is -1.01. The van der Waals surface area contributed by atoms with Crippen LogP contribution in [0.2, 0.25) is 0 Å². The van der Waals surface area contributed by atoms with Crippen LogP contribution >= 0.6 is 0 Å². The van der Waals surface area contributed by atoms with Gasteiger partial charge in [-0.1, -0.05) is 72.8 Å². The Labute approximate surface area is 228 Å². The summed E-state index contributed by atoms with van der Waals surface area (Å²) in [6, 6.07) is 23.7. The third kappa shape index (κ3) is 9.88. The largest absolute Gasteiger partial charge is 0.489 e. The average molecular weight is 534 g/mol. The molecule has 0 radical (unpaired) electrons. The minimum absolute atomic E-state index is 0.111. The van der Waals surface area contributed by atoms with E-state index in [1.807, 2.05) is 84.9 Å². The number of carbonyl (C=O) groups excluding carboxylic acids is 3. The second-order valence-electron chi connectivity index (χ2n) is 9.04. The highest BCUT2D eigenvalue weighted by atomic mass is 16.5. The fourth-order valence-electron chi connectivity index (χ4n) is 3.69. The molecule has 0 bridgehead atoms. The van der Waals surface area contributed by atoms with E-state index < -0.39 is 35.9 Å². The first-order chi connectivity index (χ1) is 18.9. The smallest absolute Gasteiger partial charge is 0.328 e. The number of amides is 2. The zero-order chi connectivity index (χ0) is 28.0. The van der Waals surface area contributed by atoms with Crippen molar-refractivity contribution in [3.05, 3.63) is 102 Å². The summed E-state index contributed by atoms with van der Waals surface area (Å²) >= 11 is 0. The van der Waals surface area contributed by atoms with Crippen molar-refractivity contribution >= 4 is 17.8 Å². The molecule has 0 aliphatic rings. The Morgan fingerprint density at radius 1 is 0.769 bits per heavy atom. The molecule has 39 heavy (non-hydrogen) atoms. The van der Waals surface area contributed by atoms with Gasteiger partial charge in [-0.25, -0.2) is 4.79 Å². The second-order valence-corrected chi connectivity index (χ2v) is 9.04. The van der Waals surface area contributed by atoms with Gasteiger partial charge in [-0.15, -0.1) is 0 Å². The summed E-state index contributed by atoms with van der Waals surface area (Å²) in [6.45, 7) is 2.08. The van der Waals surface area contributed by atoms with Crippen molar-refractivity contribution in [1.29, 1.82) is 0 Å². The number of esters is 1. The van der Waals surface area contributed by atoms with Crippen LogP contribution in [0.4, 0.5) is 0 Å². The van der Waals surface area contributed by atoms with Gasteiger partial charge in [0.25, 0.3) is 0 Å². The molecule has 0 unspecified atom stereocenters. The van der Waals surface area contributed by atoms with E-state index in [0.717, 1.165) is 16.7 Å². The molecule has 0 aromatic heterocycles. The molecule has 0 saturated carbocycles. The fourth-order valence-corrected chi connectivity index (χ4v) is 3.69. The quantitative estimate of drug-likeness (QED) is 0.272. The van der Waals surface area contributed by atoms with Crippen LogP contribution in [0.15, 0.2) is 84.9 Å².